The van der Waals surface area contributed by atoms with Crippen LogP contribution >= 0.6 is 27.3 Å². The van der Waals surface area contributed by atoms with Crippen molar-refractivity contribution in [2.75, 3.05) is 6.61 Å². The number of hydrogen-bond acceptors (Lipinski definition) is 7. The van der Waals surface area contributed by atoms with Crippen LogP contribution in [-0.4, -0.2) is 17.6 Å². The number of carbonyl (C=O) groups excluding carboxylic acids is 1. The second-order valence-corrected chi connectivity index (χ2v) is 7.28. The number of hydrogen-bond donors (Lipinski definition) is 0. The second-order valence-electron chi connectivity index (χ2n) is 5.48. The number of aryl methyl sites for hydroxylation is 1. The first-order chi connectivity index (χ1) is 13.0. The summed E-state index contributed by atoms with van der Waals surface area (Å²) in [5.41, 5.74) is 0.921. The molecule has 3 rings (SSSR count). The van der Waals surface area contributed by atoms with Crippen molar-refractivity contribution in [1.82, 2.24) is 4.98 Å². The molecule has 3 aromatic rings. The van der Waals surface area contributed by atoms with Gasteiger partial charge >= 0.3 is 5.97 Å². The Labute approximate surface area is 168 Å². The summed E-state index contributed by atoms with van der Waals surface area (Å²) < 4.78 is 17.1. The molecule has 0 atom stereocenters. The van der Waals surface area contributed by atoms with Gasteiger partial charge in [-0.25, -0.2) is 4.98 Å². The number of nitrogens with zero attached hydrogens (tertiary/aromatic N) is 2. The smallest absolute Gasteiger partial charge is 0.317 e. The number of halogens is 1. The lowest BCUT2D eigenvalue weighted by molar-refractivity contribution is -0.133. The maximum atomic E-state index is 12.5. The van der Waals surface area contributed by atoms with Crippen LogP contribution < -0.4 is 9.47 Å². The molecular weight excluding hydrogens is 432 g/mol. The van der Waals surface area contributed by atoms with Crippen LogP contribution in [0.1, 0.15) is 23.9 Å². The van der Waals surface area contributed by atoms with Gasteiger partial charge in [0.25, 0.3) is 0 Å². The SMILES string of the molecule is CCOc1cc(C#N)cc(Br)c1OC(=O)Cc1nc(-c2cccs2)oc1C. The van der Waals surface area contributed by atoms with Gasteiger partial charge in [0.2, 0.25) is 5.89 Å². The van der Waals surface area contributed by atoms with Crippen molar-refractivity contribution in [1.29, 1.82) is 5.26 Å². The third-order valence-electron chi connectivity index (χ3n) is 3.59. The van der Waals surface area contributed by atoms with Gasteiger partial charge in [-0.15, -0.1) is 11.3 Å². The van der Waals surface area contributed by atoms with Crippen molar-refractivity contribution in [3.8, 4) is 28.3 Å². The summed E-state index contributed by atoms with van der Waals surface area (Å²) in [5.74, 6) is 1.11. The fraction of sp³-hybridized carbons (Fsp3) is 0.211. The van der Waals surface area contributed by atoms with Crippen LogP contribution in [0.2, 0.25) is 0 Å². The predicted molar refractivity (Wildman–Crippen MR) is 104 cm³/mol. The molecule has 0 aliphatic carbocycles. The summed E-state index contributed by atoms with van der Waals surface area (Å²) in [6.07, 6.45) is -0.0429. The fourth-order valence-corrected chi connectivity index (χ4v) is 3.55. The van der Waals surface area contributed by atoms with Crippen molar-refractivity contribution in [2.45, 2.75) is 20.3 Å². The standard InChI is InChI=1S/C19H15BrN2O4S/c1-3-24-15-8-12(10-21)7-13(20)18(15)26-17(23)9-14-11(2)25-19(22-14)16-5-4-6-27-16/h4-8H,3,9H2,1-2H3. The van der Waals surface area contributed by atoms with Crippen LogP contribution in [0, 0.1) is 18.3 Å². The highest BCUT2D eigenvalue weighted by Gasteiger charge is 2.20. The zero-order valence-corrected chi connectivity index (χ0v) is 17.0. The number of oxazole rings is 1. The number of carbonyl (C=O) groups is 1. The Morgan fingerprint density at radius 1 is 1.44 bits per heavy atom. The van der Waals surface area contributed by atoms with Gasteiger partial charge in [-0.3, -0.25) is 4.79 Å². The Kier molecular flexibility index (Phi) is 5.94. The molecular formula is C19H15BrN2O4S. The van der Waals surface area contributed by atoms with Crippen LogP contribution in [-0.2, 0) is 11.2 Å². The van der Waals surface area contributed by atoms with Crippen LogP contribution in [0.5, 0.6) is 11.5 Å². The first-order valence-electron chi connectivity index (χ1n) is 8.09. The maximum absolute atomic E-state index is 12.5. The minimum atomic E-state index is -0.504. The summed E-state index contributed by atoms with van der Waals surface area (Å²) in [4.78, 5) is 17.7. The average molecular weight is 447 g/mol. The van der Waals surface area contributed by atoms with Crippen LogP contribution in [0.25, 0.3) is 10.8 Å². The maximum Gasteiger partial charge on any atom is 0.317 e. The van der Waals surface area contributed by atoms with Crippen molar-refractivity contribution in [3.63, 3.8) is 0 Å². The Balaban J connectivity index is 1.80. The van der Waals surface area contributed by atoms with Gasteiger partial charge in [0.1, 0.15) is 5.76 Å². The lowest BCUT2D eigenvalue weighted by atomic mass is 10.2. The monoisotopic (exact) mass is 446 g/mol. The molecule has 0 saturated heterocycles. The molecule has 27 heavy (non-hydrogen) atoms. The third-order valence-corrected chi connectivity index (χ3v) is 5.04. The number of thiophene rings is 1. The Morgan fingerprint density at radius 3 is 2.93 bits per heavy atom. The number of ether oxygens (including phenoxy) is 2. The summed E-state index contributed by atoms with van der Waals surface area (Å²) in [5, 5.41) is 11.0. The molecule has 0 radical (unpaired) electrons. The van der Waals surface area contributed by atoms with E-state index in [-0.39, 0.29) is 12.2 Å². The molecule has 0 N–H and O–H groups in total. The highest BCUT2D eigenvalue weighted by Crippen LogP contribution is 2.37. The van der Waals surface area contributed by atoms with E-state index in [1.165, 1.54) is 17.4 Å². The molecule has 0 fully saturated rings. The van der Waals surface area contributed by atoms with Gasteiger partial charge in [0.15, 0.2) is 11.5 Å². The molecule has 0 bridgehead atoms. The van der Waals surface area contributed by atoms with Gasteiger partial charge in [-0.05, 0) is 47.3 Å². The van der Waals surface area contributed by atoms with Crippen molar-refractivity contribution < 1.29 is 18.7 Å². The molecule has 0 aliphatic heterocycles. The zero-order valence-electron chi connectivity index (χ0n) is 14.6. The second kappa shape index (κ2) is 8.37. The molecule has 0 saturated carbocycles. The molecule has 0 unspecified atom stereocenters. The van der Waals surface area contributed by atoms with E-state index in [9.17, 15) is 4.79 Å². The summed E-state index contributed by atoms with van der Waals surface area (Å²) >= 11 is 4.84. The number of benzene rings is 1. The molecule has 8 heteroatoms. The summed E-state index contributed by atoms with van der Waals surface area (Å²) in [6, 6.07) is 8.96. The zero-order chi connectivity index (χ0) is 19.4. The van der Waals surface area contributed by atoms with Crippen LogP contribution in [0.15, 0.2) is 38.5 Å². The Morgan fingerprint density at radius 2 is 2.26 bits per heavy atom. The van der Waals surface area contributed by atoms with Gasteiger partial charge in [0, 0.05) is 6.07 Å². The number of aromatic nitrogens is 1. The molecule has 138 valence electrons. The van der Waals surface area contributed by atoms with Crippen molar-refractivity contribution in [3.05, 3.63) is 51.1 Å². The van der Waals surface area contributed by atoms with E-state index in [1.807, 2.05) is 30.5 Å². The molecule has 2 heterocycles. The number of rotatable bonds is 6. The van der Waals surface area contributed by atoms with E-state index < -0.39 is 5.97 Å². The van der Waals surface area contributed by atoms with E-state index in [1.54, 1.807) is 13.0 Å². The third kappa shape index (κ3) is 4.38. The molecule has 2 aromatic heterocycles. The minimum Gasteiger partial charge on any atom is -0.490 e. The van der Waals surface area contributed by atoms with Gasteiger partial charge in [0.05, 0.1) is 39.7 Å². The van der Waals surface area contributed by atoms with E-state index in [0.29, 0.717) is 39.7 Å². The molecule has 1 aromatic carbocycles. The fourth-order valence-electron chi connectivity index (χ4n) is 2.38. The highest BCUT2D eigenvalue weighted by molar-refractivity contribution is 9.10. The van der Waals surface area contributed by atoms with Gasteiger partial charge in [-0.1, -0.05) is 6.07 Å². The van der Waals surface area contributed by atoms with E-state index in [0.717, 1.165) is 4.88 Å². The summed E-state index contributed by atoms with van der Waals surface area (Å²) in [7, 11) is 0. The first kappa shape index (κ1) is 19.1. The molecule has 0 aliphatic rings. The lowest BCUT2D eigenvalue weighted by Gasteiger charge is -2.12. The molecule has 0 spiro atoms. The Bertz CT molecular complexity index is 1010. The summed E-state index contributed by atoms with van der Waals surface area (Å²) in [6.45, 7) is 3.94. The normalized spacial score (nSPS) is 10.4. The van der Waals surface area contributed by atoms with Crippen LogP contribution in [0.3, 0.4) is 0 Å². The average Bonchev–Trinajstić information content (AvgIpc) is 3.28. The number of esters is 1. The van der Waals surface area contributed by atoms with Gasteiger partial charge < -0.3 is 13.9 Å². The highest BCUT2D eigenvalue weighted by atomic mass is 79.9. The van der Waals surface area contributed by atoms with Crippen molar-refractivity contribution in [2.24, 2.45) is 0 Å². The van der Waals surface area contributed by atoms with E-state index >= 15 is 0 Å². The molecule has 6 nitrogen and oxygen atoms in total. The predicted octanol–water partition coefficient (Wildman–Crippen LogP) is 4.89. The van der Waals surface area contributed by atoms with Crippen molar-refractivity contribution >= 4 is 33.2 Å². The number of nitriles is 1. The minimum absolute atomic E-state index is 0.0429. The Hall–Kier alpha value is -2.63. The van der Waals surface area contributed by atoms with E-state index in [2.05, 4.69) is 20.9 Å². The van der Waals surface area contributed by atoms with Crippen LogP contribution in [0.4, 0.5) is 0 Å². The first-order valence-corrected chi connectivity index (χ1v) is 9.76. The quantitative estimate of drug-likeness (QED) is 0.395. The largest absolute Gasteiger partial charge is 0.490 e. The lowest BCUT2D eigenvalue weighted by Crippen LogP contribution is -2.13. The van der Waals surface area contributed by atoms with Gasteiger partial charge in [-0.2, -0.15) is 5.26 Å². The topological polar surface area (TPSA) is 85.4 Å². The molecule has 0 amide bonds. The van der Waals surface area contributed by atoms with E-state index in [4.69, 9.17) is 19.2 Å².